The number of furan rings is 1. The number of hydrogen-bond donors (Lipinski definition) is 1. The monoisotopic (exact) mass is 287 g/mol. The highest BCUT2D eigenvalue weighted by Crippen LogP contribution is 2.27. The predicted molar refractivity (Wildman–Crippen MR) is 86.1 cm³/mol. The van der Waals surface area contributed by atoms with Gasteiger partial charge in [0.2, 0.25) is 0 Å². The number of fused-ring (bicyclic) bond motifs is 1. The molecule has 1 atom stereocenters. The summed E-state index contributed by atoms with van der Waals surface area (Å²) in [4.78, 5) is 5.01. The fraction of sp³-hybridized carbons (Fsp3) is 0.529. The molecule has 0 spiro atoms. The molecule has 1 aliphatic rings. The van der Waals surface area contributed by atoms with Crippen molar-refractivity contribution in [3.8, 4) is 0 Å². The van der Waals surface area contributed by atoms with Crippen molar-refractivity contribution in [1.29, 1.82) is 0 Å². The number of piperazine rings is 1. The fourth-order valence-electron chi connectivity index (χ4n) is 3.39. The van der Waals surface area contributed by atoms with Gasteiger partial charge in [0.05, 0.1) is 6.54 Å². The minimum absolute atomic E-state index is 0.539. The molecule has 1 unspecified atom stereocenters. The van der Waals surface area contributed by atoms with Gasteiger partial charge in [-0.15, -0.1) is 0 Å². The third kappa shape index (κ3) is 2.84. The molecule has 21 heavy (non-hydrogen) atoms. The molecule has 1 fully saturated rings. The first kappa shape index (κ1) is 14.6. The lowest BCUT2D eigenvalue weighted by atomic mass is 10.1. The number of nitrogens with two attached hydrogens (primary N) is 1. The Morgan fingerprint density at radius 3 is 2.81 bits per heavy atom. The summed E-state index contributed by atoms with van der Waals surface area (Å²) in [6.07, 6.45) is 0. The predicted octanol–water partition coefficient (Wildman–Crippen LogP) is 2.42. The third-order valence-electron chi connectivity index (χ3n) is 4.61. The zero-order chi connectivity index (χ0) is 14.8. The Kier molecular flexibility index (Phi) is 4.29. The number of likely N-dealkylation sites (N-methyl/N-ethyl adjacent to an activating group) is 1. The lowest BCUT2D eigenvalue weighted by Crippen LogP contribution is -2.51. The molecule has 1 aromatic carbocycles. The molecule has 2 aromatic rings. The van der Waals surface area contributed by atoms with Crippen LogP contribution < -0.4 is 5.73 Å². The van der Waals surface area contributed by atoms with Crippen LogP contribution in [0.5, 0.6) is 0 Å². The van der Waals surface area contributed by atoms with E-state index in [2.05, 4.69) is 29.7 Å². The van der Waals surface area contributed by atoms with Gasteiger partial charge < -0.3 is 10.2 Å². The molecule has 0 bridgehead atoms. The van der Waals surface area contributed by atoms with Crippen molar-refractivity contribution in [3.63, 3.8) is 0 Å². The Morgan fingerprint density at radius 2 is 2.10 bits per heavy atom. The third-order valence-corrected chi connectivity index (χ3v) is 4.61. The van der Waals surface area contributed by atoms with Gasteiger partial charge >= 0.3 is 0 Å². The van der Waals surface area contributed by atoms with Gasteiger partial charge in [-0.3, -0.25) is 9.80 Å². The molecule has 0 saturated carbocycles. The summed E-state index contributed by atoms with van der Waals surface area (Å²) in [6.45, 7) is 10.4. The van der Waals surface area contributed by atoms with Gasteiger partial charge in [0.15, 0.2) is 0 Å². The Labute approximate surface area is 126 Å². The van der Waals surface area contributed by atoms with Crippen LogP contribution in [0.4, 0.5) is 0 Å². The van der Waals surface area contributed by atoms with Crippen LogP contribution in [0.15, 0.2) is 28.7 Å². The second-order valence-electron chi connectivity index (χ2n) is 5.92. The Bertz CT molecular complexity index is 607. The van der Waals surface area contributed by atoms with Crippen molar-refractivity contribution in [2.45, 2.75) is 33.0 Å². The van der Waals surface area contributed by atoms with Gasteiger partial charge in [-0.1, -0.05) is 25.1 Å². The summed E-state index contributed by atoms with van der Waals surface area (Å²) in [5, 5.41) is 1.16. The van der Waals surface area contributed by atoms with E-state index in [4.69, 9.17) is 10.2 Å². The molecule has 2 heterocycles. The molecular weight excluding hydrogens is 262 g/mol. The Balaban J connectivity index is 1.79. The highest BCUT2D eigenvalue weighted by molar-refractivity contribution is 5.82. The van der Waals surface area contributed by atoms with Crippen molar-refractivity contribution in [2.75, 3.05) is 26.2 Å². The normalized spacial score (nSPS) is 21.2. The first-order valence-electron chi connectivity index (χ1n) is 7.88. The van der Waals surface area contributed by atoms with Gasteiger partial charge in [0.25, 0.3) is 0 Å². The first-order valence-corrected chi connectivity index (χ1v) is 7.88. The summed E-state index contributed by atoms with van der Waals surface area (Å²) >= 11 is 0. The molecule has 4 nitrogen and oxygen atoms in total. The first-order chi connectivity index (χ1) is 10.2. The Morgan fingerprint density at radius 1 is 1.29 bits per heavy atom. The van der Waals surface area contributed by atoms with Crippen molar-refractivity contribution in [1.82, 2.24) is 9.80 Å². The van der Waals surface area contributed by atoms with Crippen molar-refractivity contribution < 1.29 is 4.42 Å². The van der Waals surface area contributed by atoms with E-state index in [0.29, 0.717) is 12.6 Å². The Hall–Kier alpha value is -1.36. The number of nitrogens with zero attached hydrogens (tertiary/aromatic N) is 2. The van der Waals surface area contributed by atoms with Crippen molar-refractivity contribution in [2.24, 2.45) is 5.73 Å². The smallest absolute Gasteiger partial charge is 0.134 e. The van der Waals surface area contributed by atoms with Crippen LogP contribution in [-0.2, 0) is 13.1 Å². The maximum atomic E-state index is 6.05. The van der Waals surface area contributed by atoms with E-state index in [1.165, 1.54) is 0 Å². The van der Waals surface area contributed by atoms with E-state index < -0.39 is 0 Å². The number of rotatable bonds is 4. The zero-order valence-corrected chi connectivity index (χ0v) is 13.0. The quantitative estimate of drug-likeness (QED) is 0.938. The highest BCUT2D eigenvalue weighted by atomic mass is 16.3. The summed E-state index contributed by atoms with van der Waals surface area (Å²) < 4.78 is 6.05. The molecule has 3 rings (SSSR count). The van der Waals surface area contributed by atoms with E-state index in [1.54, 1.807) is 0 Å². The summed E-state index contributed by atoms with van der Waals surface area (Å²) in [5.41, 5.74) is 8.07. The molecule has 1 saturated heterocycles. The highest BCUT2D eigenvalue weighted by Gasteiger charge is 2.24. The van der Waals surface area contributed by atoms with Gasteiger partial charge in [-0.05, 0) is 19.5 Å². The fourth-order valence-corrected chi connectivity index (χ4v) is 3.39. The van der Waals surface area contributed by atoms with Crippen LogP contribution in [-0.4, -0.2) is 42.0 Å². The SMILES string of the molecule is CCN1CCN(Cc2oc3ccccc3c2CN)CC1C. The average Bonchev–Trinajstić information content (AvgIpc) is 2.84. The van der Waals surface area contributed by atoms with Crippen LogP contribution in [0.1, 0.15) is 25.2 Å². The summed E-state index contributed by atoms with van der Waals surface area (Å²) in [6, 6.07) is 8.79. The maximum Gasteiger partial charge on any atom is 0.134 e. The molecule has 0 aliphatic carbocycles. The molecule has 0 amide bonds. The van der Waals surface area contributed by atoms with E-state index >= 15 is 0 Å². The second-order valence-corrected chi connectivity index (χ2v) is 5.92. The minimum atomic E-state index is 0.539. The van der Waals surface area contributed by atoms with Crippen molar-refractivity contribution in [3.05, 3.63) is 35.6 Å². The molecule has 1 aromatic heterocycles. The van der Waals surface area contributed by atoms with Crippen molar-refractivity contribution >= 4 is 11.0 Å². The summed E-state index contributed by atoms with van der Waals surface area (Å²) in [7, 11) is 0. The lowest BCUT2D eigenvalue weighted by Gasteiger charge is -2.39. The number of benzene rings is 1. The van der Waals surface area contributed by atoms with Crippen LogP contribution in [0.2, 0.25) is 0 Å². The topological polar surface area (TPSA) is 45.6 Å². The van der Waals surface area contributed by atoms with E-state index in [9.17, 15) is 0 Å². The molecule has 2 N–H and O–H groups in total. The lowest BCUT2D eigenvalue weighted by molar-refractivity contribution is 0.0791. The molecule has 4 heteroatoms. The van der Waals surface area contributed by atoms with Gasteiger partial charge in [-0.2, -0.15) is 0 Å². The van der Waals surface area contributed by atoms with E-state index in [1.807, 2.05) is 18.2 Å². The van der Waals surface area contributed by atoms with Gasteiger partial charge in [0.1, 0.15) is 11.3 Å². The molecule has 0 radical (unpaired) electrons. The standard InChI is InChI=1S/C17H25N3O/c1-3-20-9-8-19(11-13(20)2)12-17-15(10-18)14-6-4-5-7-16(14)21-17/h4-7,13H,3,8-12,18H2,1-2H3. The van der Waals surface area contributed by atoms with E-state index in [-0.39, 0.29) is 0 Å². The minimum Gasteiger partial charge on any atom is -0.459 e. The van der Waals surface area contributed by atoms with Gasteiger partial charge in [0, 0.05) is 43.2 Å². The number of para-hydroxylation sites is 1. The van der Waals surface area contributed by atoms with Crippen LogP contribution in [0, 0.1) is 0 Å². The molecule has 1 aliphatic heterocycles. The summed E-state index contributed by atoms with van der Waals surface area (Å²) in [5.74, 6) is 1.04. The largest absolute Gasteiger partial charge is 0.459 e. The average molecular weight is 287 g/mol. The van der Waals surface area contributed by atoms with Crippen LogP contribution >= 0.6 is 0 Å². The zero-order valence-electron chi connectivity index (χ0n) is 13.0. The van der Waals surface area contributed by atoms with Crippen LogP contribution in [0.25, 0.3) is 11.0 Å². The van der Waals surface area contributed by atoms with Gasteiger partial charge in [-0.25, -0.2) is 0 Å². The van der Waals surface area contributed by atoms with Crippen LogP contribution in [0.3, 0.4) is 0 Å². The number of hydrogen-bond acceptors (Lipinski definition) is 4. The second kappa shape index (κ2) is 6.18. The maximum absolute atomic E-state index is 6.05. The molecular formula is C17H25N3O. The van der Waals surface area contributed by atoms with E-state index in [0.717, 1.165) is 55.0 Å². The molecule has 114 valence electrons.